The summed E-state index contributed by atoms with van der Waals surface area (Å²) in [6, 6.07) is 23.3. The number of anilines is 2. The van der Waals surface area contributed by atoms with Crippen molar-refractivity contribution in [3.8, 4) is 0 Å². The van der Waals surface area contributed by atoms with E-state index >= 15 is 0 Å². The lowest BCUT2D eigenvalue weighted by Crippen LogP contribution is -2.41. The van der Waals surface area contributed by atoms with Gasteiger partial charge in [0.1, 0.15) is 0 Å². The smallest absolute Gasteiger partial charge is 0.238 e. The van der Waals surface area contributed by atoms with Crippen LogP contribution in [0.1, 0.15) is 41.0 Å². The molecule has 1 saturated heterocycles. The van der Waals surface area contributed by atoms with Gasteiger partial charge in [0.2, 0.25) is 17.7 Å². The van der Waals surface area contributed by atoms with E-state index in [9.17, 15) is 14.4 Å². The highest BCUT2D eigenvalue weighted by Gasteiger charge is 2.61. The number of nitrogens with one attached hydrogen (secondary N) is 1. The minimum atomic E-state index is -0.410. The molecule has 1 fully saturated rings. The lowest BCUT2D eigenvalue weighted by atomic mass is 9.55. The molecule has 1 heterocycles. The molecule has 0 radical (unpaired) electrons. The third-order valence-corrected chi connectivity index (χ3v) is 6.87. The molecule has 2 bridgehead atoms. The van der Waals surface area contributed by atoms with Gasteiger partial charge in [-0.15, -0.1) is 0 Å². The molecule has 0 unspecified atom stereocenters. The molecule has 3 aromatic rings. The van der Waals surface area contributed by atoms with E-state index in [4.69, 9.17) is 0 Å². The minimum Gasteiger partial charge on any atom is -0.326 e. The highest BCUT2D eigenvalue weighted by Crippen LogP contribution is 2.61. The van der Waals surface area contributed by atoms with Gasteiger partial charge in [-0.05, 0) is 40.5 Å². The maximum Gasteiger partial charge on any atom is 0.238 e. The molecule has 5 nitrogen and oxygen atoms in total. The summed E-state index contributed by atoms with van der Waals surface area (Å²) in [5.41, 5.74) is 5.69. The van der Waals surface area contributed by atoms with Crippen LogP contribution in [0.15, 0.2) is 72.8 Å². The van der Waals surface area contributed by atoms with Crippen molar-refractivity contribution in [2.45, 2.75) is 18.8 Å². The number of amides is 3. The molecule has 3 amide bonds. The van der Waals surface area contributed by atoms with Crippen molar-refractivity contribution in [3.05, 3.63) is 95.1 Å². The number of imide groups is 1. The van der Waals surface area contributed by atoms with Crippen molar-refractivity contribution in [3.63, 3.8) is 0 Å². The largest absolute Gasteiger partial charge is 0.326 e. The van der Waals surface area contributed by atoms with Gasteiger partial charge in [-0.3, -0.25) is 14.4 Å². The van der Waals surface area contributed by atoms with Gasteiger partial charge in [-0.1, -0.05) is 54.6 Å². The second-order valence-corrected chi connectivity index (χ2v) is 8.51. The van der Waals surface area contributed by atoms with Crippen LogP contribution in [0.4, 0.5) is 11.4 Å². The number of carbonyl (C=O) groups is 3. The van der Waals surface area contributed by atoms with Crippen molar-refractivity contribution in [2.24, 2.45) is 11.8 Å². The Hall–Kier alpha value is -3.73. The second-order valence-electron chi connectivity index (χ2n) is 8.51. The molecule has 31 heavy (non-hydrogen) atoms. The number of rotatable bonds is 2. The fourth-order valence-electron chi connectivity index (χ4n) is 5.86. The minimum absolute atomic E-state index is 0.123. The van der Waals surface area contributed by atoms with E-state index in [1.807, 2.05) is 24.3 Å². The van der Waals surface area contributed by atoms with E-state index in [0.717, 1.165) is 22.3 Å². The predicted molar refractivity (Wildman–Crippen MR) is 117 cm³/mol. The van der Waals surface area contributed by atoms with Crippen LogP contribution in [0.25, 0.3) is 0 Å². The van der Waals surface area contributed by atoms with E-state index in [1.165, 1.54) is 11.8 Å². The summed E-state index contributed by atoms with van der Waals surface area (Å²) in [7, 11) is 0. The normalized spacial score (nSPS) is 25.1. The standard InChI is InChI=1S/C26H20N2O3/c1-14(29)27-15-7-6-8-16(13-15)28-25(30)23-21-17-9-2-3-10-18(17)22(24(23)26(28)31)20-12-5-4-11-19(20)21/h2-13,21-24H,1H3,(H,27,29)/t21?,22?,23-,24-/m1/s1. The molecule has 3 aromatic carbocycles. The first kappa shape index (κ1) is 18.1. The molecule has 5 heteroatoms. The van der Waals surface area contributed by atoms with Gasteiger partial charge in [0, 0.05) is 24.4 Å². The van der Waals surface area contributed by atoms with E-state index in [2.05, 4.69) is 29.6 Å². The summed E-state index contributed by atoms with van der Waals surface area (Å²) < 4.78 is 0. The zero-order valence-electron chi connectivity index (χ0n) is 16.9. The van der Waals surface area contributed by atoms with E-state index in [1.54, 1.807) is 24.3 Å². The SMILES string of the molecule is CC(=O)Nc1cccc(N2C(=O)[C@@H]3C4c5ccccc5C(c5ccccc54)[C@H]3C2=O)c1. The summed E-state index contributed by atoms with van der Waals surface area (Å²) >= 11 is 0. The van der Waals surface area contributed by atoms with Crippen LogP contribution in [0.3, 0.4) is 0 Å². The van der Waals surface area contributed by atoms with Gasteiger partial charge in [-0.25, -0.2) is 4.90 Å². The highest BCUT2D eigenvalue weighted by atomic mass is 16.2. The van der Waals surface area contributed by atoms with Gasteiger partial charge in [0.05, 0.1) is 17.5 Å². The van der Waals surface area contributed by atoms with E-state index in [0.29, 0.717) is 11.4 Å². The van der Waals surface area contributed by atoms with Crippen molar-refractivity contribution >= 4 is 29.1 Å². The molecule has 0 aromatic heterocycles. The summed E-state index contributed by atoms with van der Waals surface area (Å²) in [5.74, 6) is -1.58. The van der Waals surface area contributed by atoms with Crippen molar-refractivity contribution < 1.29 is 14.4 Å². The molecule has 2 atom stereocenters. The third-order valence-electron chi connectivity index (χ3n) is 6.87. The first-order chi connectivity index (χ1) is 15.1. The molecule has 0 saturated carbocycles. The molecular formula is C26H20N2O3. The lowest BCUT2D eigenvalue weighted by Gasteiger charge is -2.45. The molecule has 152 valence electrons. The Labute approximate surface area is 179 Å². The number of benzene rings is 3. The first-order valence-electron chi connectivity index (χ1n) is 10.5. The predicted octanol–water partition coefficient (Wildman–Crippen LogP) is 4.04. The third kappa shape index (κ3) is 2.40. The maximum absolute atomic E-state index is 13.7. The zero-order valence-corrected chi connectivity index (χ0v) is 16.9. The Morgan fingerprint density at radius 1 is 0.742 bits per heavy atom. The Bertz CT molecular complexity index is 1170. The monoisotopic (exact) mass is 408 g/mol. The molecule has 0 spiro atoms. The second kappa shape index (κ2) is 6.38. The van der Waals surface area contributed by atoms with Crippen LogP contribution >= 0.6 is 0 Å². The fourth-order valence-corrected chi connectivity index (χ4v) is 5.86. The number of hydrogen-bond donors (Lipinski definition) is 1. The highest BCUT2D eigenvalue weighted by molar-refractivity contribution is 6.23. The summed E-state index contributed by atoms with van der Waals surface area (Å²) in [6.07, 6.45) is 0. The van der Waals surface area contributed by atoms with Crippen LogP contribution in [0.5, 0.6) is 0 Å². The molecule has 7 rings (SSSR count). The van der Waals surface area contributed by atoms with Crippen molar-refractivity contribution in [1.82, 2.24) is 0 Å². The Kier molecular flexibility index (Phi) is 3.72. The van der Waals surface area contributed by atoms with Gasteiger partial charge in [-0.2, -0.15) is 0 Å². The number of carbonyl (C=O) groups excluding carboxylic acids is 3. The van der Waals surface area contributed by atoms with E-state index < -0.39 is 11.8 Å². The van der Waals surface area contributed by atoms with Gasteiger partial charge < -0.3 is 5.32 Å². The van der Waals surface area contributed by atoms with Gasteiger partial charge in [0.25, 0.3) is 0 Å². The van der Waals surface area contributed by atoms with Gasteiger partial charge in [0.15, 0.2) is 0 Å². The van der Waals surface area contributed by atoms with Crippen LogP contribution < -0.4 is 10.2 Å². The summed E-state index contributed by atoms with van der Waals surface area (Å²) in [5, 5.41) is 2.73. The summed E-state index contributed by atoms with van der Waals surface area (Å²) in [6.45, 7) is 1.43. The van der Waals surface area contributed by atoms with Crippen LogP contribution in [0.2, 0.25) is 0 Å². The Morgan fingerprint density at radius 3 is 1.68 bits per heavy atom. The average molecular weight is 408 g/mol. The first-order valence-corrected chi connectivity index (χ1v) is 10.5. The molecule has 3 aliphatic carbocycles. The molecule has 4 aliphatic rings. The van der Waals surface area contributed by atoms with Crippen molar-refractivity contribution in [1.29, 1.82) is 0 Å². The van der Waals surface area contributed by atoms with E-state index in [-0.39, 0.29) is 29.6 Å². The van der Waals surface area contributed by atoms with Crippen molar-refractivity contribution in [2.75, 3.05) is 10.2 Å². The number of nitrogens with zero attached hydrogens (tertiary/aromatic N) is 1. The topological polar surface area (TPSA) is 66.5 Å². The summed E-state index contributed by atoms with van der Waals surface area (Å²) in [4.78, 5) is 40.2. The Balaban J connectivity index is 1.50. The molecule has 1 N–H and O–H groups in total. The quantitative estimate of drug-likeness (QED) is 0.651. The maximum atomic E-state index is 13.7. The van der Waals surface area contributed by atoms with Crippen LogP contribution in [0, 0.1) is 11.8 Å². The lowest BCUT2D eigenvalue weighted by molar-refractivity contribution is -0.122. The fraction of sp³-hybridized carbons (Fsp3) is 0.192. The Morgan fingerprint density at radius 2 is 1.23 bits per heavy atom. The molecule has 1 aliphatic heterocycles. The zero-order chi connectivity index (χ0) is 21.3. The van der Waals surface area contributed by atoms with Crippen LogP contribution in [-0.2, 0) is 14.4 Å². The number of hydrogen-bond acceptors (Lipinski definition) is 3. The average Bonchev–Trinajstić information content (AvgIpc) is 3.04. The molecular weight excluding hydrogens is 388 g/mol. The van der Waals surface area contributed by atoms with Gasteiger partial charge >= 0.3 is 0 Å². The van der Waals surface area contributed by atoms with Crippen LogP contribution in [-0.4, -0.2) is 17.7 Å².